The molecule has 0 aliphatic heterocycles. The van der Waals surface area contributed by atoms with Crippen molar-refractivity contribution < 1.29 is 15.0 Å². The standard InChI is InChI=1S/C11H22O3S/c1-3-5-6-9(11(13)14)10(12)7-8-15-4-2/h9-10,12H,3-8H2,1-2H3,(H,13,14). The predicted molar refractivity (Wildman–Crippen MR) is 64.3 cm³/mol. The van der Waals surface area contributed by atoms with Gasteiger partial charge in [-0.2, -0.15) is 11.8 Å². The molecule has 0 saturated carbocycles. The Kier molecular flexibility index (Phi) is 8.91. The van der Waals surface area contributed by atoms with Crippen molar-refractivity contribution in [3.05, 3.63) is 0 Å². The molecule has 0 radical (unpaired) electrons. The topological polar surface area (TPSA) is 57.5 Å². The van der Waals surface area contributed by atoms with E-state index in [1.807, 2.05) is 6.92 Å². The number of hydrogen-bond donors (Lipinski definition) is 2. The summed E-state index contributed by atoms with van der Waals surface area (Å²) in [4.78, 5) is 10.9. The van der Waals surface area contributed by atoms with Gasteiger partial charge in [-0.05, 0) is 24.3 Å². The lowest BCUT2D eigenvalue weighted by Crippen LogP contribution is -2.28. The van der Waals surface area contributed by atoms with Gasteiger partial charge in [-0.15, -0.1) is 0 Å². The van der Waals surface area contributed by atoms with Gasteiger partial charge >= 0.3 is 5.97 Å². The highest BCUT2D eigenvalue weighted by Gasteiger charge is 2.25. The van der Waals surface area contributed by atoms with Gasteiger partial charge in [0.15, 0.2) is 0 Å². The minimum atomic E-state index is -0.863. The molecule has 0 saturated heterocycles. The molecule has 0 amide bonds. The van der Waals surface area contributed by atoms with Crippen LogP contribution in [0.2, 0.25) is 0 Å². The van der Waals surface area contributed by atoms with Gasteiger partial charge in [0.1, 0.15) is 0 Å². The van der Waals surface area contributed by atoms with Gasteiger partial charge in [0.2, 0.25) is 0 Å². The highest BCUT2D eigenvalue weighted by Crippen LogP contribution is 2.17. The lowest BCUT2D eigenvalue weighted by molar-refractivity contribution is -0.146. The summed E-state index contributed by atoms with van der Waals surface area (Å²) in [6.45, 7) is 4.08. The van der Waals surface area contributed by atoms with Crippen molar-refractivity contribution in [2.75, 3.05) is 11.5 Å². The van der Waals surface area contributed by atoms with Gasteiger partial charge in [0.05, 0.1) is 12.0 Å². The van der Waals surface area contributed by atoms with Gasteiger partial charge < -0.3 is 10.2 Å². The van der Waals surface area contributed by atoms with E-state index in [1.54, 1.807) is 11.8 Å². The van der Waals surface area contributed by atoms with E-state index in [9.17, 15) is 9.90 Å². The third-order valence-corrected chi connectivity index (χ3v) is 3.35. The second-order valence-electron chi connectivity index (χ2n) is 3.64. The average molecular weight is 234 g/mol. The lowest BCUT2D eigenvalue weighted by atomic mass is 9.94. The maximum atomic E-state index is 10.9. The molecule has 0 aliphatic rings. The van der Waals surface area contributed by atoms with Crippen LogP contribution in [0.1, 0.15) is 39.5 Å². The fraction of sp³-hybridized carbons (Fsp3) is 0.909. The van der Waals surface area contributed by atoms with Crippen LogP contribution in [0, 0.1) is 5.92 Å². The first-order valence-corrected chi connectivity index (χ1v) is 6.77. The van der Waals surface area contributed by atoms with E-state index in [0.29, 0.717) is 12.8 Å². The summed E-state index contributed by atoms with van der Waals surface area (Å²) in [5.41, 5.74) is 0. The normalized spacial score (nSPS) is 14.9. The van der Waals surface area contributed by atoms with Crippen LogP contribution in [0.25, 0.3) is 0 Å². The van der Waals surface area contributed by atoms with E-state index >= 15 is 0 Å². The molecule has 0 aromatic rings. The van der Waals surface area contributed by atoms with Crippen molar-refractivity contribution in [3.8, 4) is 0 Å². The maximum Gasteiger partial charge on any atom is 0.309 e. The number of carboxylic acid groups (broad SMARTS) is 1. The molecule has 2 unspecified atom stereocenters. The number of unbranched alkanes of at least 4 members (excludes halogenated alkanes) is 1. The van der Waals surface area contributed by atoms with Crippen LogP contribution in [-0.4, -0.2) is 33.8 Å². The maximum absolute atomic E-state index is 10.9. The smallest absolute Gasteiger partial charge is 0.309 e. The monoisotopic (exact) mass is 234 g/mol. The lowest BCUT2D eigenvalue weighted by Gasteiger charge is -2.18. The molecule has 0 bridgehead atoms. The molecule has 0 heterocycles. The number of carboxylic acids is 1. The molecular weight excluding hydrogens is 212 g/mol. The zero-order valence-electron chi connectivity index (χ0n) is 9.61. The first kappa shape index (κ1) is 14.8. The summed E-state index contributed by atoms with van der Waals surface area (Å²) in [7, 11) is 0. The minimum Gasteiger partial charge on any atom is -0.481 e. The average Bonchev–Trinajstić information content (AvgIpc) is 2.18. The SMILES string of the molecule is CCCCC(C(=O)O)C(O)CCSCC. The van der Waals surface area contributed by atoms with Crippen molar-refractivity contribution in [2.24, 2.45) is 5.92 Å². The van der Waals surface area contributed by atoms with Gasteiger partial charge in [-0.1, -0.05) is 26.7 Å². The van der Waals surface area contributed by atoms with Crippen LogP contribution >= 0.6 is 11.8 Å². The molecule has 3 nitrogen and oxygen atoms in total. The van der Waals surface area contributed by atoms with Crippen LogP contribution < -0.4 is 0 Å². The van der Waals surface area contributed by atoms with Crippen molar-refractivity contribution in [2.45, 2.75) is 45.6 Å². The van der Waals surface area contributed by atoms with Crippen LogP contribution in [0.5, 0.6) is 0 Å². The van der Waals surface area contributed by atoms with Crippen LogP contribution in [-0.2, 0) is 4.79 Å². The predicted octanol–water partition coefficient (Wildman–Crippen LogP) is 2.38. The second kappa shape index (κ2) is 9.04. The Labute approximate surface area is 96.3 Å². The molecule has 2 atom stereocenters. The largest absolute Gasteiger partial charge is 0.481 e. The first-order valence-electron chi connectivity index (χ1n) is 5.62. The van der Waals surface area contributed by atoms with Crippen molar-refractivity contribution in [3.63, 3.8) is 0 Å². The summed E-state index contributed by atoms with van der Waals surface area (Å²) < 4.78 is 0. The summed E-state index contributed by atoms with van der Waals surface area (Å²) in [5, 5.41) is 18.7. The van der Waals surface area contributed by atoms with Crippen molar-refractivity contribution in [1.29, 1.82) is 0 Å². The Bertz CT molecular complexity index is 173. The molecule has 15 heavy (non-hydrogen) atoms. The fourth-order valence-electron chi connectivity index (χ4n) is 1.45. The summed E-state index contributed by atoms with van der Waals surface area (Å²) in [5.74, 6) is 0.410. The molecule has 90 valence electrons. The Hall–Kier alpha value is -0.220. The highest BCUT2D eigenvalue weighted by molar-refractivity contribution is 7.99. The Morgan fingerprint density at radius 1 is 1.33 bits per heavy atom. The third-order valence-electron chi connectivity index (χ3n) is 2.41. The van der Waals surface area contributed by atoms with Crippen molar-refractivity contribution >= 4 is 17.7 Å². The van der Waals surface area contributed by atoms with E-state index in [-0.39, 0.29) is 0 Å². The van der Waals surface area contributed by atoms with E-state index in [2.05, 4.69) is 6.92 Å². The Balaban J connectivity index is 3.93. The summed E-state index contributed by atoms with van der Waals surface area (Å²) >= 11 is 1.74. The summed E-state index contributed by atoms with van der Waals surface area (Å²) in [6, 6.07) is 0. The number of hydrogen-bond acceptors (Lipinski definition) is 3. The highest BCUT2D eigenvalue weighted by atomic mass is 32.2. The van der Waals surface area contributed by atoms with Gasteiger partial charge in [0, 0.05) is 0 Å². The van der Waals surface area contributed by atoms with Crippen molar-refractivity contribution in [1.82, 2.24) is 0 Å². The van der Waals surface area contributed by atoms with E-state index < -0.39 is 18.0 Å². The number of carbonyl (C=O) groups is 1. The molecule has 0 spiro atoms. The Morgan fingerprint density at radius 3 is 2.47 bits per heavy atom. The Morgan fingerprint density at radius 2 is 2.00 bits per heavy atom. The molecule has 4 heteroatoms. The fourth-order valence-corrected chi connectivity index (χ4v) is 2.15. The molecule has 0 fully saturated rings. The van der Waals surface area contributed by atoms with E-state index in [1.165, 1.54) is 0 Å². The zero-order chi connectivity index (χ0) is 11.7. The zero-order valence-corrected chi connectivity index (χ0v) is 10.4. The minimum absolute atomic E-state index is 0.581. The molecule has 0 aliphatic carbocycles. The molecular formula is C11H22O3S. The van der Waals surface area contributed by atoms with Gasteiger partial charge in [-0.25, -0.2) is 0 Å². The molecule has 2 N–H and O–H groups in total. The van der Waals surface area contributed by atoms with Gasteiger partial charge in [0.25, 0.3) is 0 Å². The van der Waals surface area contributed by atoms with Gasteiger partial charge in [-0.3, -0.25) is 4.79 Å². The van der Waals surface area contributed by atoms with Crippen LogP contribution in [0.15, 0.2) is 0 Å². The quantitative estimate of drug-likeness (QED) is 0.601. The first-order chi connectivity index (χ1) is 7.13. The number of thioether (sulfide) groups is 1. The van der Waals surface area contributed by atoms with E-state index in [4.69, 9.17) is 5.11 Å². The number of rotatable bonds is 9. The number of aliphatic carboxylic acids is 1. The molecule has 0 aromatic heterocycles. The second-order valence-corrected chi connectivity index (χ2v) is 5.03. The third kappa shape index (κ3) is 6.79. The molecule has 0 aromatic carbocycles. The summed E-state index contributed by atoms with van der Waals surface area (Å²) in [6.07, 6.45) is 2.33. The van der Waals surface area contributed by atoms with Crippen LogP contribution in [0.3, 0.4) is 0 Å². The number of aliphatic hydroxyl groups is 1. The van der Waals surface area contributed by atoms with E-state index in [0.717, 1.165) is 24.3 Å². The molecule has 0 rings (SSSR count). The van der Waals surface area contributed by atoms with Crippen LogP contribution in [0.4, 0.5) is 0 Å². The number of aliphatic hydroxyl groups excluding tert-OH is 1.